The molecule has 7 nitrogen and oxygen atoms in total. The minimum absolute atomic E-state index is 0.0429. The molecule has 2 aliphatic carbocycles. The lowest BCUT2D eigenvalue weighted by Gasteiger charge is -2.35. The summed E-state index contributed by atoms with van der Waals surface area (Å²) in [5, 5.41) is -0.453. The normalized spacial score (nSPS) is 34.2. The van der Waals surface area contributed by atoms with Crippen LogP contribution in [-0.4, -0.2) is 51.9 Å². The van der Waals surface area contributed by atoms with E-state index in [1.807, 2.05) is 0 Å². The number of carbonyl (C=O) groups excluding carboxylic acids is 2. The monoisotopic (exact) mass is 331 g/mol. The molecule has 124 valence electrons. The number of hydrogen-bond acceptors (Lipinski definition) is 7. The first kappa shape index (κ1) is 17.1. The van der Waals surface area contributed by atoms with E-state index in [0.29, 0.717) is 12.8 Å². The van der Waals surface area contributed by atoms with Crippen molar-refractivity contribution in [1.29, 1.82) is 0 Å². The molecule has 0 heterocycles. The molecule has 0 aromatic heterocycles. The van der Waals surface area contributed by atoms with Crippen LogP contribution in [0.1, 0.15) is 19.8 Å². The summed E-state index contributed by atoms with van der Waals surface area (Å²) in [5.74, 6) is -1.54. The van der Waals surface area contributed by atoms with E-state index in [4.69, 9.17) is 14.2 Å². The maximum atomic E-state index is 11.8. The number of esters is 2. The fourth-order valence-corrected chi connectivity index (χ4v) is 4.28. The van der Waals surface area contributed by atoms with Crippen LogP contribution < -0.4 is 0 Å². The molecule has 8 heteroatoms. The molecule has 0 aromatic carbocycles. The van der Waals surface area contributed by atoms with Crippen LogP contribution >= 0.6 is 0 Å². The van der Waals surface area contributed by atoms with Crippen molar-refractivity contribution in [2.75, 3.05) is 13.7 Å². The van der Waals surface area contributed by atoms with Crippen LogP contribution in [0, 0.1) is 11.8 Å². The number of hydrogen-bond donors (Lipinski definition) is 0. The zero-order chi connectivity index (χ0) is 16.4. The van der Waals surface area contributed by atoms with Gasteiger partial charge in [-0.2, -0.15) is 0 Å². The van der Waals surface area contributed by atoms with E-state index in [-0.39, 0.29) is 17.4 Å². The molecule has 0 radical (unpaired) electrons. The van der Waals surface area contributed by atoms with E-state index < -0.39 is 47.1 Å². The van der Waals surface area contributed by atoms with Gasteiger partial charge in [-0.25, -0.2) is 9.59 Å². The van der Waals surface area contributed by atoms with Crippen molar-refractivity contribution < 1.29 is 32.6 Å². The Balaban J connectivity index is 1.91. The summed E-state index contributed by atoms with van der Waals surface area (Å²) < 4.78 is 37.8. The SMILES string of the molecule is C=C(C)C(=O)OCC(=O)OC1C2CC(C1OC)C(S(=O)[O-])C2. The molecule has 22 heavy (non-hydrogen) atoms. The maximum Gasteiger partial charge on any atom is 0.344 e. The number of methoxy groups -OCH3 is 1. The first-order chi connectivity index (χ1) is 10.3. The molecule has 2 fully saturated rings. The predicted molar refractivity (Wildman–Crippen MR) is 75.4 cm³/mol. The van der Waals surface area contributed by atoms with Crippen molar-refractivity contribution in [3.8, 4) is 0 Å². The number of carbonyl (C=O) groups is 2. The third-order valence-corrected chi connectivity index (χ3v) is 5.29. The molecule has 2 bridgehead atoms. The largest absolute Gasteiger partial charge is 0.772 e. The summed E-state index contributed by atoms with van der Waals surface area (Å²) in [6.07, 6.45) is 0.179. The zero-order valence-electron chi connectivity index (χ0n) is 12.5. The van der Waals surface area contributed by atoms with Gasteiger partial charge in [0.25, 0.3) is 0 Å². The molecular weight excluding hydrogens is 312 g/mol. The number of fused-ring (bicyclic) bond motifs is 2. The quantitative estimate of drug-likeness (QED) is 0.392. The van der Waals surface area contributed by atoms with Crippen molar-refractivity contribution in [3.05, 3.63) is 12.2 Å². The van der Waals surface area contributed by atoms with Gasteiger partial charge in [0.1, 0.15) is 6.10 Å². The Morgan fingerprint density at radius 2 is 2.00 bits per heavy atom. The van der Waals surface area contributed by atoms with Gasteiger partial charge in [0.2, 0.25) is 0 Å². The van der Waals surface area contributed by atoms with E-state index in [2.05, 4.69) is 6.58 Å². The standard InChI is InChI=1S/C14H20O7S/c1-7(2)14(16)20-6-11(15)21-12-8-4-9(13(12)19-3)10(5-8)22(17)18/h8-10,12-13H,1,4-6H2,2-3H3,(H,17,18)/p-1. The first-order valence-electron chi connectivity index (χ1n) is 6.98. The summed E-state index contributed by atoms with van der Waals surface area (Å²) in [5.41, 5.74) is 0.197. The van der Waals surface area contributed by atoms with Gasteiger partial charge in [-0.05, 0) is 19.8 Å². The topological polar surface area (TPSA) is 102 Å². The van der Waals surface area contributed by atoms with E-state index in [0.717, 1.165) is 0 Å². The average molecular weight is 331 g/mol. The van der Waals surface area contributed by atoms with Crippen LogP contribution in [0.5, 0.6) is 0 Å². The van der Waals surface area contributed by atoms with Gasteiger partial charge in [-0.3, -0.25) is 4.21 Å². The molecule has 0 amide bonds. The average Bonchev–Trinajstić information content (AvgIpc) is 3.02. The van der Waals surface area contributed by atoms with Gasteiger partial charge in [-0.15, -0.1) is 0 Å². The Hall–Kier alpha value is -1.25. The number of rotatable bonds is 6. The maximum absolute atomic E-state index is 11.8. The van der Waals surface area contributed by atoms with Crippen molar-refractivity contribution in [1.82, 2.24) is 0 Å². The minimum atomic E-state index is -2.15. The highest BCUT2D eigenvalue weighted by Gasteiger charge is 2.55. The minimum Gasteiger partial charge on any atom is -0.772 e. The molecule has 6 atom stereocenters. The molecule has 2 aliphatic rings. The van der Waals surface area contributed by atoms with Gasteiger partial charge in [0.05, 0.1) is 6.10 Å². The molecule has 0 aromatic rings. The molecule has 0 N–H and O–H groups in total. The van der Waals surface area contributed by atoms with Gasteiger partial charge in [0, 0.05) is 29.8 Å². The Morgan fingerprint density at radius 1 is 1.32 bits per heavy atom. The molecule has 0 saturated heterocycles. The summed E-state index contributed by atoms with van der Waals surface area (Å²) in [7, 11) is 1.47. The summed E-state index contributed by atoms with van der Waals surface area (Å²) in [6, 6.07) is 0. The zero-order valence-corrected chi connectivity index (χ0v) is 13.3. The number of ether oxygens (including phenoxy) is 3. The van der Waals surface area contributed by atoms with Crippen LogP contribution in [0.25, 0.3) is 0 Å². The van der Waals surface area contributed by atoms with Crippen LogP contribution in [0.2, 0.25) is 0 Å². The van der Waals surface area contributed by atoms with E-state index in [9.17, 15) is 18.4 Å². The van der Waals surface area contributed by atoms with E-state index in [1.54, 1.807) is 0 Å². The summed E-state index contributed by atoms with van der Waals surface area (Å²) >= 11 is -2.15. The smallest absolute Gasteiger partial charge is 0.344 e. The highest BCUT2D eigenvalue weighted by molar-refractivity contribution is 7.79. The Labute approximate surface area is 131 Å². The molecule has 2 saturated carbocycles. The molecule has 0 aliphatic heterocycles. The van der Waals surface area contributed by atoms with Crippen LogP contribution in [0.4, 0.5) is 0 Å². The molecular formula is C14H19O7S-. The predicted octanol–water partition coefficient (Wildman–Crippen LogP) is 0.320. The van der Waals surface area contributed by atoms with Gasteiger partial charge in [0.15, 0.2) is 6.61 Å². The van der Waals surface area contributed by atoms with E-state index in [1.165, 1.54) is 14.0 Å². The summed E-state index contributed by atoms with van der Waals surface area (Å²) in [6.45, 7) is 4.40. The Kier molecular flexibility index (Phi) is 5.36. The van der Waals surface area contributed by atoms with Crippen molar-refractivity contribution in [3.63, 3.8) is 0 Å². The third kappa shape index (κ3) is 3.39. The van der Waals surface area contributed by atoms with Crippen molar-refractivity contribution >= 4 is 23.0 Å². The van der Waals surface area contributed by atoms with Gasteiger partial charge in [-0.1, -0.05) is 17.7 Å². The molecule has 6 unspecified atom stereocenters. The molecule has 2 rings (SSSR count). The van der Waals surface area contributed by atoms with Gasteiger partial charge < -0.3 is 18.8 Å². The Bertz CT molecular complexity index is 503. The van der Waals surface area contributed by atoms with Crippen LogP contribution in [-0.2, 0) is 34.9 Å². The first-order valence-corrected chi connectivity index (χ1v) is 8.12. The fourth-order valence-electron chi connectivity index (χ4n) is 3.32. The van der Waals surface area contributed by atoms with E-state index >= 15 is 0 Å². The fraction of sp³-hybridized carbons (Fsp3) is 0.714. The highest BCUT2D eigenvalue weighted by atomic mass is 32.2. The lowest BCUT2D eigenvalue weighted by Crippen LogP contribution is -2.44. The second-order valence-corrected chi connectivity index (χ2v) is 6.83. The second kappa shape index (κ2) is 6.89. The van der Waals surface area contributed by atoms with Crippen LogP contribution in [0.3, 0.4) is 0 Å². The van der Waals surface area contributed by atoms with Crippen LogP contribution in [0.15, 0.2) is 12.2 Å². The second-order valence-electron chi connectivity index (χ2n) is 5.71. The highest BCUT2D eigenvalue weighted by Crippen LogP contribution is 2.49. The summed E-state index contributed by atoms with van der Waals surface area (Å²) in [4.78, 5) is 23.0. The van der Waals surface area contributed by atoms with Crippen molar-refractivity contribution in [2.45, 2.75) is 37.2 Å². The van der Waals surface area contributed by atoms with Crippen molar-refractivity contribution in [2.24, 2.45) is 11.8 Å². The lowest BCUT2D eigenvalue weighted by molar-refractivity contribution is -0.169. The van der Waals surface area contributed by atoms with Gasteiger partial charge >= 0.3 is 11.9 Å². The third-order valence-electron chi connectivity index (χ3n) is 4.25. The Morgan fingerprint density at radius 3 is 2.55 bits per heavy atom. The lowest BCUT2D eigenvalue weighted by atomic mass is 9.94. The molecule has 0 spiro atoms.